The minimum Gasteiger partial charge on any atom is -0.493 e. The number of carbonyl (C=O) groups is 2. The number of carbonyl (C=O) groups excluding carboxylic acids is 1. The smallest absolute Gasteiger partial charge is 0.341 e. The van der Waals surface area contributed by atoms with Crippen molar-refractivity contribution in [3.63, 3.8) is 0 Å². The molecule has 0 saturated heterocycles. The molecule has 2 N–H and O–H groups in total. The average Bonchev–Trinajstić information content (AvgIpc) is 2.82. The molecule has 6 nitrogen and oxygen atoms in total. The summed E-state index contributed by atoms with van der Waals surface area (Å²) in [6.07, 6.45) is 1.46. The summed E-state index contributed by atoms with van der Waals surface area (Å²) in [4.78, 5) is 22.9. The van der Waals surface area contributed by atoms with Crippen LogP contribution in [-0.2, 0) is 11.2 Å². The van der Waals surface area contributed by atoms with Crippen molar-refractivity contribution in [2.45, 2.75) is 18.9 Å². The van der Waals surface area contributed by atoms with Crippen LogP contribution in [0.4, 0.5) is 0 Å². The maximum Gasteiger partial charge on any atom is 0.341 e. The van der Waals surface area contributed by atoms with Crippen LogP contribution in [0.2, 0.25) is 0 Å². The summed E-state index contributed by atoms with van der Waals surface area (Å²) in [6.45, 7) is 0.150. The SMILES string of the molecule is O=C(O)COc1ccc(C(=O)NC2CCOc3ccccc3C2)cc1. The van der Waals surface area contributed by atoms with Crippen molar-refractivity contribution in [2.24, 2.45) is 0 Å². The normalized spacial score (nSPS) is 16.1. The molecule has 25 heavy (non-hydrogen) atoms. The van der Waals surface area contributed by atoms with Gasteiger partial charge in [0, 0.05) is 18.0 Å². The van der Waals surface area contributed by atoms with E-state index >= 15 is 0 Å². The monoisotopic (exact) mass is 341 g/mol. The highest BCUT2D eigenvalue weighted by atomic mass is 16.5. The maximum absolute atomic E-state index is 12.4. The van der Waals surface area contributed by atoms with E-state index in [9.17, 15) is 9.59 Å². The molecule has 0 aliphatic carbocycles. The fourth-order valence-electron chi connectivity index (χ4n) is 2.73. The summed E-state index contributed by atoms with van der Waals surface area (Å²) in [5.41, 5.74) is 1.59. The van der Waals surface area contributed by atoms with Gasteiger partial charge in [-0.25, -0.2) is 4.79 Å². The first-order valence-electron chi connectivity index (χ1n) is 8.08. The molecule has 1 unspecified atom stereocenters. The molecule has 1 aliphatic rings. The van der Waals surface area contributed by atoms with E-state index in [4.69, 9.17) is 14.6 Å². The minimum absolute atomic E-state index is 0.000845. The third-order valence-electron chi connectivity index (χ3n) is 3.98. The van der Waals surface area contributed by atoms with E-state index in [-0.39, 0.29) is 11.9 Å². The molecule has 1 aliphatic heterocycles. The van der Waals surface area contributed by atoms with Crippen LogP contribution >= 0.6 is 0 Å². The van der Waals surface area contributed by atoms with Gasteiger partial charge in [0.1, 0.15) is 11.5 Å². The number of benzene rings is 2. The van der Waals surface area contributed by atoms with Crippen LogP contribution in [0.3, 0.4) is 0 Å². The van der Waals surface area contributed by atoms with Crippen LogP contribution in [0.5, 0.6) is 11.5 Å². The summed E-state index contributed by atoms with van der Waals surface area (Å²) in [5.74, 6) is 0.0711. The second-order valence-corrected chi connectivity index (χ2v) is 5.83. The van der Waals surface area contributed by atoms with E-state index < -0.39 is 12.6 Å². The van der Waals surface area contributed by atoms with Gasteiger partial charge in [0.15, 0.2) is 6.61 Å². The highest BCUT2D eigenvalue weighted by Crippen LogP contribution is 2.23. The lowest BCUT2D eigenvalue weighted by Gasteiger charge is -2.16. The van der Waals surface area contributed by atoms with Crippen LogP contribution in [-0.4, -0.2) is 36.2 Å². The Labute approximate surface area is 145 Å². The predicted octanol–water partition coefficient (Wildman–Crippen LogP) is 2.27. The second-order valence-electron chi connectivity index (χ2n) is 5.83. The number of carboxylic acids is 1. The zero-order valence-corrected chi connectivity index (χ0v) is 13.6. The standard InChI is InChI=1S/C19H19NO5/c21-18(22)12-25-16-7-5-13(6-8-16)19(23)20-15-9-10-24-17-4-2-1-3-14(17)11-15/h1-8,15H,9-12H2,(H,20,23)(H,21,22). The molecule has 0 saturated carbocycles. The lowest BCUT2D eigenvalue weighted by molar-refractivity contribution is -0.139. The summed E-state index contributed by atoms with van der Waals surface area (Å²) in [7, 11) is 0. The molecule has 1 heterocycles. The van der Waals surface area contributed by atoms with Crippen LogP contribution in [0, 0.1) is 0 Å². The van der Waals surface area contributed by atoms with Crippen molar-refractivity contribution in [3.8, 4) is 11.5 Å². The van der Waals surface area contributed by atoms with E-state index in [0.717, 1.165) is 24.2 Å². The molecule has 0 spiro atoms. The van der Waals surface area contributed by atoms with Gasteiger partial charge in [0.2, 0.25) is 0 Å². The quantitative estimate of drug-likeness (QED) is 0.871. The van der Waals surface area contributed by atoms with Crippen molar-refractivity contribution >= 4 is 11.9 Å². The number of aliphatic carboxylic acids is 1. The Morgan fingerprint density at radius 3 is 2.68 bits per heavy atom. The summed E-state index contributed by atoms with van der Waals surface area (Å²) in [5, 5.41) is 11.6. The Morgan fingerprint density at radius 2 is 1.92 bits per heavy atom. The highest BCUT2D eigenvalue weighted by Gasteiger charge is 2.19. The third kappa shape index (κ3) is 4.50. The third-order valence-corrected chi connectivity index (χ3v) is 3.98. The number of hydrogen-bond donors (Lipinski definition) is 2. The van der Waals surface area contributed by atoms with Gasteiger partial charge in [0.25, 0.3) is 5.91 Å². The zero-order chi connectivity index (χ0) is 17.6. The number of para-hydroxylation sites is 1. The fourth-order valence-corrected chi connectivity index (χ4v) is 2.73. The average molecular weight is 341 g/mol. The maximum atomic E-state index is 12.4. The molecule has 6 heteroatoms. The molecular weight excluding hydrogens is 322 g/mol. The number of amides is 1. The summed E-state index contributed by atoms with van der Waals surface area (Å²) in [6, 6.07) is 14.3. The first kappa shape index (κ1) is 16.8. The Bertz CT molecular complexity index is 757. The Morgan fingerprint density at radius 1 is 1.16 bits per heavy atom. The molecule has 0 aromatic heterocycles. The van der Waals surface area contributed by atoms with Gasteiger partial charge in [-0.1, -0.05) is 18.2 Å². The first-order chi connectivity index (χ1) is 12.1. The van der Waals surface area contributed by atoms with Crippen molar-refractivity contribution < 1.29 is 24.2 Å². The van der Waals surface area contributed by atoms with Gasteiger partial charge in [0.05, 0.1) is 6.61 Å². The van der Waals surface area contributed by atoms with Crippen molar-refractivity contribution in [2.75, 3.05) is 13.2 Å². The predicted molar refractivity (Wildman–Crippen MR) is 91.1 cm³/mol. The molecule has 2 aromatic rings. The zero-order valence-electron chi connectivity index (χ0n) is 13.6. The van der Waals surface area contributed by atoms with Gasteiger partial charge in [-0.05, 0) is 42.3 Å². The lowest BCUT2D eigenvalue weighted by Crippen LogP contribution is -2.36. The van der Waals surface area contributed by atoms with E-state index in [1.807, 2.05) is 24.3 Å². The van der Waals surface area contributed by atoms with Crippen LogP contribution in [0.25, 0.3) is 0 Å². The Kier molecular flexibility index (Phi) is 5.18. The minimum atomic E-state index is -1.04. The van der Waals surface area contributed by atoms with Gasteiger partial charge >= 0.3 is 5.97 Å². The topological polar surface area (TPSA) is 84.9 Å². The van der Waals surface area contributed by atoms with Crippen LogP contribution in [0.15, 0.2) is 48.5 Å². The van der Waals surface area contributed by atoms with E-state index in [0.29, 0.717) is 17.9 Å². The van der Waals surface area contributed by atoms with E-state index in [1.54, 1.807) is 24.3 Å². The highest BCUT2D eigenvalue weighted by molar-refractivity contribution is 5.94. The molecule has 1 atom stereocenters. The van der Waals surface area contributed by atoms with Gasteiger partial charge < -0.3 is 19.9 Å². The van der Waals surface area contributed by atoms with Crippen LogP contribution < -0.4 is 14.8 Å². The molecule has 0 radical (unpaired) electrons. The van der Waals surface area contributed by atoms with E-state index in [2.05, 4.69) is 5.32 Å². The molecule has 3 rings (SSSR count). The molecule has 0 bridgehead atoms. The van der Waals surface area contributed by atoms with Crippen molar-refractivity contribution in [1.29, 1.82) is 0 Å². The summed E-state index contributed by atoms with van der Waals surface area (Å²) >= 11 is 0. The van der Waals surface area contributed by atoms with Crippen LogP contribution in [0.1, 0.15) is 22.3 Å². The molecule has 1 amide bonds. The number of rotatable bonds is 5. The van der Waals surface area contributed by atoms with Gasteiger partial charge in [-0.3, -0.25) is 4.79 Å². The van der Waals surface area contributed by atoms with Crippen molar-refractivity contribution in [3.05, 3.63) is 59.7 Å². The molecular formula is C19H19NO5. The number of ether oxygens (including phenoxy) is 2. The fraction of sp³-hybridized carbons (Fsp3) is 0.263. The van der Waals surface area contributed by atoms with Gasteiger partial charge in [-0.15, -0.1) is 0 Å². The van der Waals surface area contributed by atoms with Crippen molar-refractivity contribution in [1.82, 2.24) is 5.32 Å². The Balaban J connectivity index is 1.61. The molecule has 0 fully saturated rings. The number of carboxylic acid groups (broad SMARTS) is 1. The Hall–Kier alpha value is -3.02. The lowest BCUT2D eigenvalue weighted by atomic mass is 10.0. The van der Waals surface area contributed by atoms with Gasteiger partial charge in [-0.2, -0.15) is 0 Å². The first-order valence-corrected chi connectivity index (χ1v) is 8.08. The number of fused-ring (bicyclic) bond motifs is 1. The molecule has 130 valence electrons. The molecule has 2 aromatic carbocycles. The number of hydrogen-bond acceptors (Lipinski definition) is 4. The summed E-state index contributed by atoms with van der Waals surface area (Å²) < 4.78 is 10.8. The second kappa shape index (κ2) is 7.70. The number of nitrogens with one attached hydrogen (secondary N) is 1. The largest absolute Gasteiger partial charge is 0.493 e. The van der Waals surface area contributed by atoms with E-state index in [1.165, 1.54) is 0 Å².